The molecule has 0 saturated carbocycles. The average molecular weight is 473 g/mol. The molecule has 5 aromatic rings. The summed E-state index contributed by atoms with van der Waals surface area (Å²) in [6.45, 7) is 1.93. The minimum absolute atomic E-state index is 0.197. The molecule has 1 atom stereocenters. The summed E-state index contributed by atoms with van der Waals surface area (Å²) >= 11 is 0. The van der Waals surface area contributed by atoms with E-state index in [9.17, 15) is 4.79 Å². The molecule has 176 valence electrons. The Morgan fingerprint density at radius 3 is 2.31 bits per heavy atom. The molecule has 0 radical (unpaired) electrons. The summed E-state index contributed by atoms with van der Waals surface area (Å²) in [5, 5.41) is 10.4. The summed E-state index contributed by atoms with van der Waals surface area (Å²) in [6.07, 6.45) is -0.669. The first-order valence-electron chi connectivity index (χ1n) is 11.9. The maximum Gasteiger partial charge on any atom is 0.243 e. The normalized spacial score (nSPS) is 15.1. The minimum Gasteiger partial charge on any atom is -0.489 e. The SMILES string of the molecule is CC(=O)N1N=C(c2cccc3ccccc23)OC1c1cccc(OCc2cccc3ccccc23)c1. The van der Waals surface area contributed by atoms with Gasteiger partial charge in [-0.15, -0.1) is 5.10 Å². The number of carbonyl (C=O) groups excluding carboxylic acids is 1. The Labute approximate surface area is 209 Å². The molecule has 5 nitrogen and oxygen atoms in total. The molecule has 1 aliphatic heterocycles. The van der Waals surface area contributed by atoms with Crippen LogP contribution in [0.2, 0.25) is 0 Å². The molecule has 36 heavy (non-hydrogen) atoms. The molecule has 1 unspecified atom stereocenters. The van der Waals surface area contributed by atoms with Gasteiger partial charge in [0, 0.05) is 18.1 Å². The number of rotatable bonds is 5. The second kappa shape index (κ2) is 9.19. The third kappa shape index (κ3) is 4.05. The second-order valence-corrected chi connectivity index (χ2v) is 8.77. The quantitative estimate of drug-likeness (QED) is 0.282. The van der Waals surface area contributed by atoms with Crippen molar-refractivity contribution in [2.75, 3.05) is 0 Å². The molecule has 1 amide bonds. The van der Waals surface area contributed by atoms with Crippen LogP contribution < -0.4 is 4.74 Å². The van der Waals surface area contributed by atoms with E-state index in [1.165, 1.54) is 22.7 Å². The van der Waals surface area contributed by atoms with Crippen molar-refractivity contribution in [3.8, 4) is 5.75 Å². The van der Waals surface area contributed by atoms with E-state index in [0.717, 1.165) is 27.5 Å². The number of hydrogen-bond donors (Lipinski definition) is 0. The van der Waals surface area contributed by atoms with Gasteiger partial charge in [-0.2, -0.15) is 5.01 Å². The van der Waals surface area contributed by atoms with Crippen LogP contribution in [0.3, 0.4) is 0 Å². The fourth-order valence-electron chi connectivity index (χ4n) is 4.64. The summed E-state index contributed by atoms with van der Waals surface area (Å²) in [5.41, 5.74) is 2.76. The van der Waals surface area contributed by atoms with Gasteiger partial charge in [0.1, 0.15) is 12.4 Å². The van der Waals surface area contributed by atoms with Gasteiger partial charge in [0.15, 0.2) is 0 Å². The van der Waals surface area contributed by atoms with Gasteiger partial charge in [0.25, 0.3) is 0 Å². The number of carbonyl (C=O) groups is 1. The molecular formula is C31H24N2O3. The molecule has 0 bridgehead atoms. The molecule has 0 aliphatic carbocycles. The van der Waals surface area contributed by atoms with Crippen LogP contribution in [0.15, 0.2) is 114 Å². The first-order chi connectivity index (χ1) is 17.7. The van der Waals surface area contributed by atoms with Crippen molar-refractivity contribution >= 4 is 33.3 Å². The van der Waals surface area contributed by atoms with Crippen molar-refractivity contribution in [2.24, 2.45) is 5.10 Å². The third-order valence-electron chi connectivity index (χ3n) is 6.40. The van der Waals surface area contributed by atoms with Gasteiger partial charge < -0.3 is 9.47 Å². The first kappa shape index (κ1) is 21.9. The average Bonchev–Trinajstić information content (AvgIpc) is 3.38. The van der Waals surface area contributed by atoms with Crippen LogP contribution in [0.4, 0.5) is 0 Å². The van der Waals surface area contributed by atoms with E-state index in [4.69, 9.17) is 9.47 Å². The Bertz CT molecular complexity index is 1610. The maximum atomic E-state index is 12.5. The zero-order valence-electron chi connectivity index (χ0n) is 19.8. The highest BCUT2D eigenvalue weighted by Gasteiger charge is 2.33. The number of fused-ring (bicyclic) bond motifs is 2. The summed E-state index contributed by atoms with van der Waals surface area (Å²) in [5.74, 6) is 0.928. The van der Waals surface area contributed by atoms with E-state index >= 15 is 0 Å². The van der Waals surface area contributed by atoms with Crippen LogP contribution in [0.1, 0.15) is 29.8 Å². The number of nitrogens with zero attached hydrogens (tertiary/aromatic N) is 2. The van der Waals surface area contributed by atoms with E-state index in [2.05, 4.69) is 29.4 Å². The Hall–Kier alpha value is -4.64. The van der Waals surface area contributed by atoms with E-state index in [1.54, 1.807) is 0 Å². The monoisotopic (exact) mass is 472 g/mol. The predicted octanol–water partition coefficient (Wildman–Crippen LogP) is 6.81. The fourth-order valence-corrected chi connectivity index (χ4v) is 4.64. The summed E-state index contributed by atoms with van der Waals surface area (Å²) in [7, 11) is 0. The smallest absolute Gasteiger partial charge is 0.243 e. The van der Waals surface area contributed by atoms with Gasteiger partial charge in [-0.1, -0.05) is 91.0 Å². The van der Waals surface area contributed by atoms with Crippen molar-refractivity contribution in [1.82, 2.24) is 5.01 Å². The fraction of sp³-hybridized carbons (Fsp3) is 0.0968. The number of benzene rings is 5. The van der Waals surface area contributed by atoms with E-state index in [0.29, 0.717) is 18.3 Å². The molecule has 1 heterocycles. The van der Waals surface area contributed by atoms with E-state index in [1.807, 2.05) is 84.9 Å². The van der Waals surface area contributed by atoms with Crippen LogP contribution in [-0.4, -0.2) is 16.8 Å². The lowest BCUT2D eigenvalue weighted by molar-refractivity contribution is -0.135. The van der Waals surface area contributed by atoms with Gasteiger partial charge in [-0.25, -0.2) is 0 Å². The number of hydrazone groups is 1. The molecular weight excluding hydrogens is 448 g/mol. The van der Waals surface area contributed by atoms with Crippen molar-refractivity contribution < 1.29 is 14.3 Å². The van der Waals surface area contributed by atoms with Crippen LogP contribution >= 0.6 is 0 Å². The Morgan fingerprint density at radius 1 is 0.833 bits per heavy atom. The Kier molecular flexibility index (Phi) is 5.58. The molecule has 0 N–H and O–H groups in total. The topological polar surface area (TPSA) is 51.1 Å². The standard InChI is InChI=1S/C31H24N2O3/c1-21(34)33-31(36-30(32-33)29-18-8-12-23-10-3-5-17-28(23)29)24-13-7-15-26(19-24)35-20-25-14-6-11-22-9-2-4-16-27(22)25/h2-19,31H,20H2,1H3. The second-order valence-electron chi connectivity index (χ2n) is 8.77. The number of ether oxygens (including phenoxy) is 2. The molecule has 0 saturated heterocycles. The highest BCUT2D eigenvalue weighted by molar-refractivity contribution is 6.07. The molecule has 0 aromatic heterocycles. The maximum absolute atomic E-state index is 12.5. The van der Waals surface area contributed by atoms with E-state index < -0.39 is 6.23 Å². The summed E-state index contributed by atoms with van der Waals surface area (Å²) in [6, 6.07) is 36.2. The minimum atomic E-state index is -0.669. The zero-order chi connectivity index (χ0) is 24.5. The summed E-state index contributed by atoms with van der Waals surface area (Å²) < 4.78 is 12.5. The van der Waals surface area contributed by atoms with Crippen molar-refractivity contribution in [3.05, 3.63) is 126 Å². The van der Waals surface area contributed by atoms with Crippen molar-refractivity contribution in [1.29, 1.82) is 0 Å². The third-order valence-corrected chi connectivity index (χ3v) is 6.40. The lowest BCUT2D eigenvalue weighted by Gasteiger charge is -2.20. The van der Waals surface area contributed by atoms with E-state index in [-0.39, 0.29) is 5.91 Å². The molecule has 5 heteroatoms. The van der Waals surface area contributed by atoms with Gasteiger partial charge in [-0.3, -0.25) is 4.79 Å². The molecule has 1 aliphatic rings. The zero-order valence-corrected chi connectivity index (χ0v) is 19.8. The highest BCUT2D eigenvalue weighted by atomic mass is 16.5. The first-order valence-corrected chi connectivity index (χ1v) is 11.9. The predicted molar refractivity (Wildman–Crippen MR) is 142 cm³/mol. The summed E-state index contributed by atoms with van der Waals surface area (Å²) in [4.78, 5) is 12.5. The van der Waals surface area contributed by atoms with Gasteiger partial charge >= 0.3 is 0 Å². The van der Waals surface area contributed by atoms with Gasteiger partial charge in [0.05, 0.1) is 0 Å². The van der Waals surface area contributed by atoms with Gasteiger partial charge in [0.2, 0.25) is 18.0 Å². The van der Waals surface area contributed by atoms with Crippen molar-refractivity contribution in [2.45, 2.75) is 19.8 Å². The molecule has 0 spiro atoms. The highest BCUT2D eigenvalue weighted by Crippen LogP contribution is 2.34. The van der Waals surface area contributed by atoms with Crippen molar-refractivity contribution in [3.63, 3.8) is 0 Å². The number of amides is 1. The Balaban J connectivity index is 1.27. The number of hydrogen-bond acceptors (Lipinski definition) is 4. The van der Waals surface area contributed by atoms with Crippen LogP contribution in [0, 0.1) is 0 Å². The van der Waals surface area contributed by atoms with Crippen LogP contribution in [0.25, 0.3) is 21.5 Å². The largest absolute Gasteiger partial charge is 0.489 e. The molecule has 5 aromatic carbocycles. The van der Waals surface area contributed by atoms with Crippen LogP contribution in [0.5, 0.6) is 5.75 Å². The lowest BCUT2D eigenvalue weighted by Crippen LogP contribution is -2.25. The van der Waals surface area contributed by atoms with Crippen LogP contribution in [-0.2, 0) is 16.1 Å². The Morgan fingerprint density at radius 2 is 1.50 bits per heavy atom. The lowest BCUT2D eigenvalue weighted by atomic mass is 10.0. The van der Waals surface area contributed by atoms with Gasteiger partial charge in [-0.05, 0) is 45.3 Å². The molecule has 0 fully saturated rings. The molecule has 6 rings (SSSR count).